The third-order valence-corrected chi connectivity index (χ3v) is 5.73. The standard InChI is InChI=1S/C21H27N3O/c25-21(17-10-5-2-6-11-17)23-19-12-7-13-20-18(19)14-22-24(20)15-16-8-3-1-4-9-16/h1,3-4,8-9,14,17,19H,2,5-7,10-13,15H2,(H,23,25). The fourth-order valence-electron chi connectivity index (χ4n) is 4.32. The highest BCUT2D eigenvalue weighted by atomic mass is 16.1. The van der Waals surface area contributed by atoms with Crippen LogP contribution in [0.15, 0.2) is 36.5 Å². The van der Waals surface area contributed by atoms with Crippen LogP contribution in [0.2, 0.25) is 0 Å². The number of hydrogen-bond acceptors (Lipinski definition) is 2. The van der Waals surface area contributed by atoms with Crippen LogP contribution in [0.25, 0.3) is 0 Å². The number of amides is 1. The number of rotatable bonds is 4. The van der Waals surface area contributed by atoms with Crippen LogP contribution in [-0.2, 0) is 17.8 Å². The van der Waals surface area contributed by atoms with E-state index in [1.807, 2.05) is 12.3 Å². The van der Waals surface area contributed by atoms with Gasteiger partial charge in [-0.1, -0.05) is 49.6 Å². The molecular weight excluding hydrogens is 310 g/mol. The Kier molecular flexibility index (Phi) is 4.86. The lowest BCUT2D eigenvalue weighted by atomic mass is 9.87. The number of hydrogen-bond donors (Lipinski definition) is 1. The highest BCUT2D eigenvalue weighted by Crippen LogP contribution is 2.31. The van der Waals surface area contributed by atoms with Gasteiger partial charge in [-0.05, 0) is 37.7 Å². The van der Waals surface area contributed by atoms with Crippen molar-refractivity contribution in [3.8, 4) is 0 Å². The van der Waals surface area contributed by atoms with E-state index >= 15 is 0 Å². The first kappa shape index (κ1) is 16.4. The molecule has 4 nitrogen and oxygen atoms in total. The molecule has 1 atom stereocenters. The summed E-state index contributed by atoms with van der Waals surface area (Å²) in [6, 6.07) is 10.6. The molecule has 0 aliphatic heterocycles. The van der Waals surface area contributed by atoms with E-state index in [2.05, 4.69) is 39.4 Å². The summed E-state index contributed by atoms with van der Waals surface area (Å²) in [5.41, 5.74) is 3.79. The maximum absolute atomic E-state index is 12.6. The van der Waals surface area contributed by atoms with Crippen molar-refractivity contribution in [2.24, 2.45) is 5.92 Å². The van der Waals surface area contributed by atoms with Gasteiger partial charge < -0.3 is 5.32 Å². The third kappa shape index (κ3) is 3.63. The molecule has 0 spiro atoms. The second kappa shape index (κ2) is 7.42. The molecule has 1 N–H and O–H groups in total. The number of fused-ring (bicyclic) bond motifs is 1. The van der Waals surface area contributed by atoms with Crippen LogP contribution < -0.4 is 5.32 Å². The van der Waals surface area contributed by atoms with E-state index in [1.54, 1.807) is 0 Å². The zero-order chi connectivity index (χ0) is 17.1. The number of nitrogens with zero attached hydrogens (tertiary/aromatic N) is 2. The summed E-state index contributed by atoms with van der Waals surface area (Å²) in [6.07, 6.45) is 11.0. The predicted octanol–water partition coefficient (Wildman–Crippen LogP) is 4.01. The Morgan fingerprint density at radius 1 is 1.08 bits per heavy atom. The normalized spacial score (nSPS) is 20.9. The predicted molar refractivity (Wildman–Crippen MR) is 98.2 cm³/mol. The SMILES string of the molecule is O=C(NC1CCCc2c1cnn2Cc1ccccc1)C1CCCCC1. The molecule has 1 amide bonds. The van der Waals surface area contributed by atoms with Crippen LogP contribution in [0.3, 0.4) is 0 Å². The van der Waals surface area contributed by atoms with Gasteiger partial charge in [0.15, 0.2) is 0 Å². The molecule has 25 heavy (non-hydrogen) atoms. The molecule has 0 saturated heterocycles. The Bertz CT molecular complexity index is 716. The topological polar surface area (TPSA) is 46.9 Å². The Hall–Kier alpha value is -2.10. The first-order valence-electron chi connectivity index (χ1n) is 9.70. The monoisotopic (exact) mass is 337 g/mol. The van der Waals surface area contributed by atoms with Gasteiger partial charge in [-0.25, -0.2) is 0 Å². The largest absolute Gasteiger partial charge is 0.349 e. The van der Waals surface area contributed by atoms with Crippen molar-refractivity contribution in [1.82, 2.24) is 15.1 Å². The highest BCUT2D eigenvalue weighted by molar-refractivity contribution is 5.79. The van der Waals surface area contributed by atoms with Crippen molar-refractivity contribution in [2.45, 2.75) is 64.0 Å². The number of benzene rings is 1. The molecule has 2 aliphatic rings. The Labute approximate surface area is 149 Å². The van der Waals surface area contributed by atoms with Gasteiger partial charge >= 0.3 is 0 Å². The van der Waals surface area contributed by atoms with Crippen LogP contribution in [0.1, 0.15) is 67.8 Å². The minimum Gasteiger partial charge on any atom is -0.349 e. The van der Waals surface area contributed by atoms with Crippen LogP contribution in [0.4, 0.5) is 0 Å². The molecule has 1 aromatic heterocycles. The van der Waals surface area contributed by atoms with Crippen molar-refractivity contribution < 1.29 is 4.79 Å². The van der Waals surface area contributed by atoms with E-state index in [9.17, 15) is 4.79 Å². The lowest BCUT2D eigenvalue weighted by Gasteiger charge is -2.27. The van der Waals surface area contributed by atoms with Gasteiger partial charge in [-0.15, -0.1) is 0 Å². The number of aromatic nitrogens is 2. The summed E-state index contributed by atoms with van der Waals surface area (Å²) >= 11 is 0. The van der Waals surface area contributed by atoms with Gasteiger partial charge in [-0.3, -0.25) is 9.48 Å². The second-order valence-corrected chi connectivity index (χ2v) is 7.48. The molecule has 132 valence electrons. The fourth-order valence-corrected chi connectivity index (χ4v) is 4.32. The number of carbonyl (C=O) groups is 1. The molecule has 4 rings (SSSR count). The molecule has 1 unspecified atom stereocenters. The summed E-state index contributed by atoms with van der Waals surface area (Å²) in [7, 11) is 0. The summed E-state index contributed by atoms with van der Waals surface area (Å²) < 4.78 is 2.11. The zero-order valence-corrected chi connectivity index (χ0v) is 14.8. The van der Waals surface area contributed by atoms with Gasteiger partial charge in [0.2, 0.25) is 5.91 Å². The van der Waals surface area contributed by atoms with Crippen LogP contribution in [-0.4, -0.2) is 15.7 Å². The average molecular weight is 337 g/mol. The van der Waals surface area contributed by atoms with Crippen molar-refractivity contribution in [2.75, 3.05) is 0 Å². The van der Waals surface area contributed by atoms with Crippen molar-refractivity contribution in [3.63, 3.8) is 0 Å². The van der Waals surface area contributed by atoms with Crippen molar-refractivity contribution in [3.05, 3.63) is 53.3 Å². The summed E-state index contributed by atoms with van der Waals surface area (Å²) in [5.74, 6) is 0.479. The minimum atomic E-state index is 0.141. The summed E-state index contributed by atoms with van der Waals surface area (Å²) in [4.78, 5) is 12.6. The van der Waals surface area contributed by atoms with Crippen molar-refractivity contribution in [1.29, 1.82) is 0 Å². The van der Waals surface area contributed by atoms with Crippen LogP contribution in [0.5, 0.6) is 0 Å². The molecule has 1 fully saturated rings. The summed E-state index contributed by atoms with van der Waals surface area (Å²) in [5, 5.41) is 7.96. The minimum absolute atomic E-state index is 0.141. The smallest absolute Gasteiger partial charge is 0.223 e. The molecule has 4 heteroatoms. The van der Waals surface area contributed by atoms with E-state index in [4.69, 9.17) is 0 Å². The Morgan fingerprint density at radius 2 is 1.88 bits per heavy atom. The molecule has 1 saturated carbocycles. The molecule has 0 radical (unpaired) electrons. The molecule has 2 aromatic rings. The van der Waals surface area contributed by atoms with E-state index in [0.29, 0.717) is 0 Å². The van der Waals surface area contributed by atoms with Crippen molar-refractivity contribution >= 4 is 5.91 Å². The van der Waals surface area contributed by atoms with Gasteiger partial charge in [0, 0.05) is 17.2 Å². The maximum Gasteiger partial charge on any atom is 0.223 e. The molecule has 1 aromatic carbocycles. The number of carbonyl (C=O) groups excluding carboxylic acids is 1. The van der Waals surface area contributed by atoms with Crippen LogP contribution >= 0.6 is 0 Å². The average Bonchev–Trinajstić information content (AvgIpc) is 3.07. The first-order valence-corrected chi connectivity index (χ1v) is 9.70. The summed E-state index contributed by atoms with van der Waals surface area (Å²) in [6.45, 7) is 0.805. The molecular formula is C21H27N3O. The number of nitrogens with one attached hydrogen (secondary N) is 1. The lowest BCUT2D eigenvalue weighted by molar-refractivity contribution is -0.126. The van der Waals surface area contributed by atoms with E-state index in [-0.39, 0.29) is 17.9 Å². The fraction of sp³-hybridized carbons (Fsp3) is 0.524. The van der Waals surface area contributed by atoms with E-state index in [1.165, 1.54) is 36.1 Å². The quantitative estimate of drug-likeness (QED) is 0.916. The maximum atomic E-state index is 12.6. The Morgan fingerprint density at radius 3 is 2.68 bits per heavy atom. The third-order valence-electron chi connectivity index (χ3n) is 5.73. The second-order valence-electron chi connectivity index (χ2n) is 7.48. The van der Waals surface area contributed by atoms with Gasteiger partial charge in [0.1, 0.15) is 0 Å². The van der Waals surface area contributed by atoms with E-state index < -0.39 is 0 Å². The molecule has 0 bridgehead atoms. The van der Waals surface area contributed by atoms with Gasteiger partial charge in [-0.2, -0.15) is 5.10 Å². The zero-order valence-electron chi connectivity index (χ0n) is 14.8. The van der Waals surface area contributed by atoms with Gasteiger partial charge in [0.25, 0.3) is 0 Å². The van der Waals surface area contributed by atoms with Gasteiger partial charge in [0.05, 0.1) is 18.8 Å². The molecule has 2 aliphatic carbocycles. The first-order chi connectivity index (χ1) is 12.3. The Balaban J connectivity index is 1.47. The molecule has 1 heterocycles. The van der Waals surface area contributed by atoms with E-state index in [0.717, 1.165) is 38.6 Å². The lowest BCUT2D eigenvalue weighted by Crippen LogP contribution is -2.36. The highest BCUT2D eigenvalue weighted by Gasteiger charge is 2.28. The van der Waals surface area contributed by atoms with Crippen LogP contribution in [0, 0.1) is 5.92 Å².